The molecular formula is C17H17N3O2S2. The van der Waals surface area contributed by atoms with E-state index in [4.69, 9.17) is 0 Å². The number of fused-ring (bicyclic) bond motifs is 1. The molecule has 2 heterocycles. The van der Waals surface area contributed by atoms with Crippen molar-refractivity contribution in [3.8, 4) is 0 Å². The summed E-state index contributed by atoms with van der Waals surface area (Å²) >= 11 is 1.55. The van der Waals surface area contributed by atoms with Gasteiger partial charge in [-0.25, -0.2) is 18.1 Å². The van der Waals surface area contributed by atoms with Crippen LogP contribution in [0.2, 0.25) is 0 Å². The molecule has 1 saturated carbocycles. The Balaban J connectivity index is 1.74. The van der Waals surface area contributed by atoms with Crippen molar-refractivity contribution in [1.29, 1.82) is 0 Å². The van der Waals surface area contributed by atoms with Gasteiger partial charge in [0.05, 0.1) is 16.5 Å². The second-order valence-electron chi connectivity index (χ2n) is 6.07. The van der Waals surface area contributed by atoms with Crippen molar-refractivity contribution >= 4 is 32.3 Å². The predicted molar refractivity (Wildman–Crippen MR) is 94.4 cm³/mol. The number of rotatable bonds is 5. The molecule has 0 saturated heterocycles. The Labute approximate surface area is 144 Å². The Morgan fingerprint density at radius 3 is 2.75 bits per heavy atom. The van der Waals surface area contributed by atoms with Crippen molar-refractivity contribution < 1.29 is 8.42 Å². The minimum absolute atomic E-state index is 0.249. The molecule has 0 bridgehead atoms. The molecule has 0 amide bonds. The molecule has 1 fully saturated rings. The Morgan fingerprint density at radius 2 is 2.04 bits per heavy atom. The van der Waals surface area contributed by atoms with Gasteiger partial charge in [0.2, 0.25) is 10.0 Å². The molecule has 3 aromatic rings. The van der Waals surface area contributed by atoms with Crippen molar-refractivity contribution in [3.63, 3.8) is 0 Å². The maximum Gasteiger partial charge on any atom is 0.241 e. The molecular weight excluding hydrogens is 342 g/mol. The number of aromatic nitrogens is 2. The average Bonchev–Trinajstić information content (AvgIpc) is 3.33. The first-order valence-corrected chi connectivity index (χ1v) is 10.1. The summed E-state index contributed by atoms with van der Waals surface area (Å²) in [6.07, 6.45) is 5.52. The quantitative estimate of drug-likeness (QED) is 0.757. The first-order valence-electron chi connectivity index (χ1n) is 7.83. The lowest BCUT2D eigenvalue weighted by Gasteiger charge is -2.17. The van der Waals surface area contributed by atoms with E-state index in [0.29, 0.717) is 16.8 Å². The second-order valence-corrected chi connectivity index (χ2v) is 9.02. The third-order valence-corrected chi connectivity index (χ3v) is 6.67. The Kier molecular flexibility index (Phi) is 3.86. The molecule has 0 spiro atoms. The van der Waals surface area contributed by atoms with E-state index >= 15 is 0 Å². The normalized spacial score (nSPS) is 16.4. The molecule has 1 aliphatic rings. The SMILES string of the molecule is Cc1cnc(C(NS(=O)(=O)c2cccc3ncccc23)C2CC2)s1. The zero-order valence-corrected chi connectivity index (χ0v) is 14.8. The van der Waals surface area contributed by atoms with Crippen LogP contribution in [0.1, 0.15) is 28.8 Å². The van der Waals surface area contributed by atoms with Gasteiger partial charge in [-0.05, 0) is 49.9 Å². The maximum absolute atomic E-state index is 13.0. The van der Waals surface area contributed by atoms with Gasteiger partial charge in [0, 0.05) is 22.7 Å². The molecule has 1 N–H and O–H groups in total. The van der Waals surface area contributed by atoms with E-state index in [0.717, 1.165) is 22.7 Å². The number of hydrogen-bond acceptors (Lipinski definition) is 5. The van der Waals surface area contributed by atoms with Crippen molar-refractivity contribution in [1.82, 2.24) is 14.7 Å². The van der Waals surface area contributed by atoms with Crippen LogP contribution in [0.4, 0.5) is 0 Å². The first kappa shape index (κ1) is 15.7. The van der Waals surface area contributed by atoms with Crippen LogP contribution in [0.15, 0.2) is 47.6 Å². The van der Waals surface area contributed by atoms with E-state index in [-0.39, 0.29) is 10.9 Å². The third-order valence-electron chi connectivity index (χ3n) is 4.18. The van der Waals surface area contributed by atoms with Crippen molar-refractivity contribution in [2.24, 2.45) is 5.92 Å². The Bertz CT molecular complexity index is 988. The molecule has 1 atom stereocenters. The molecule has 5 nitrogen and oxygen atoms in total. The standard InChI is InChI=1S/C17H17N3O2S2/c1-11-10-19-17(23-11)16(12-7-8-12)20-24(21,22)15-6-2-5-14-13(15)4-3-9-18-14/h2-6,9-10,12,16,20H,7-8H2,1H3. The number of sulfonamides is 1. The fraction of sp³-hybridized carbons (Fsp3) is 0.294. The predicted octanol–water partition coefficient (Wildman–Crippen LogP) is 3.43. The number of nitrogens with zero attached hydrogens (tertiary/aromatic N) is 2. The largest absolute Gasteiger partial charge is 0.256 e. The fourth-order valence-corrected chi connectivity index (χ4v) is 5.31. The summed E-state index contributed by atoms with van der Waals surface area (Å²) in [6, 6.07) is 8.46. The summed E-state index contributed by atoms with van der Waals surface area (Å²) in [5.74, 6) is 0.332. The highest BCUT2D eigenvalue weighted by Gasteiger charge is 2.37. The van der Waals surface area contributed by atoms with Crippen LogP contribution in [-0.2, 0) is 10.0 Å². The van der Waals surface area contributed by atoms with Crippen LogP contribution in [0.25, 0.3) is 10.9 Å². The van der Waals surface area contributed by atoms with Gasteiger partial charge in [-0.1, -0.05) is 6.07 Å². The van der Waals surface area contributed by atoms with Gasteiger partial charge in [0.1, 0.15) is 5.01 Å². The van der Waals surface area contributed by atoms with E-state index in [9.17, 15) is 8.42 Å². The van der Waals surface area contributed by atoms with E-state index in [1.165, 1.54) is 0 Å². The molecule has 0 aliphatic heterocycles. The minimum atomic E-state index is -3.65. The molecule has 1 unspecified atom stereocenters. The molecule has 0 radical (unpaired) electrons. The summed E-state index contributed by atoms with van der Waals surface area (Å²) in [5.41, 5.74) is 0.674. The third kappa shape index (κ3) is 2.94. The topological polar surface area (TPSA) is 72.0 Å². The fourth-order valence-electron chi connectivity index (χ4n) is 2.83. The number of hydrogen-bond donors (Lipinski definition) is 1. The van der Waals surface area contributed by atoms with Crippen LogP contribution >= 0.6 is 11.3 Å². The lowest BCUT2D eigenvalue weighted by atomic mass is 10.2. The van der Waals surface area contributed by atoms with Gasteiger partial charge in [0.25, 0.3) is 0 Å². The monoisotopic (exact) mass is 359 g/mol. The summed E-state index contributed by atoms with van der Waals surface area (Å²) in [4.78, 5) is 10.00. The van der Waals surface area contributed by atoms with Crippen LogP contribution in [0.5, 0.6) is 0 Å². The maximum atomic E-state index is 13.0. The van der Waals surface area contributed by atoms with E-state index in [2.05, 4.69) is 14.7 Å². The van der Waals surface area contributed by atoms with Crippen molar-refractivity contribution in [3.05, 3.63) is 52.6 Å². The highest BCUT2D eigenvalue weighted by Crippen LogP contribution is 2.43. The number of aryl methyl sites for hydroxylation is 1. The lowest BCUT2D eigenvalue weighted by molar-refractivity contribution is 0.528. The van der Waals surface area contributed by atoms with Crippen LogP contribution in [0, 0.1) is 12.8 Å². The molecule has 124 valence electrons. The van der Waals surface area contributed by atoms with E-state index in [1.807, 2.05) is 13.0 Å². The molecule has 2 aromatic heterocycles. The smallest absolute Gasteiger partial charge is 0.241 e. The van der Waals surface area contributed by atoms with E-state index in [1.54, 1.807) is 48.0 Å². The number of benzene rings is 1. The highest BCUT2D eigenvalue weighted by molar-refractivity contribution is 7.89. The van der Waals surface area contributed by atoms with Gasteiger partial charge in [-0.2, -0.15) is 0 Å². The van der Waals surface area contributed by atoms with Crippen molar-refractivity contribution in [2.75, 3.05) is 0 Å². The number of pyridine rings is 1. The van der Waals surface area contributed by atoms with Gasteiger partial charge >= 0.3 is 0 Å². The zero-order valence-electron chi connectivity index (χ0n) is 13.1. The van der Waals surface area contributed by atoms with E-state index < -0.39 is 10.0 Å². The molecule has 7 heteroatoms. The average molecular weight is 359 g/mol. The van der Waals surface area contributed by atoms with Crippen LogP contribution in [0.3, 0.4) is 0 Å². The second kappa shape index (κ2) is 5.91. The van der Waals surface area contributed by atoms with Crippen LogP contribution < -0.4 is 4.72 Å². The number of nitrogens with one attached hydrogen (secondary N) is 1. The molecule has 24 heavy (non-hydrogen) atoms. The lowest BCUT2D eigenvalue weighted by Crippen LogP contribution is -2.30. The Hall–Kier alpha value is -1.83. The zero-order chi connectivity index (χ0) is 16.7. The summed E-state index contributed by atoms with van der Waals surface area (Å²) in [7, 11) is -3.65. The molecule has 4 rings (SSSR count). The summed E-state index contributed by atoms with van der Waals surface area (Å²) < 4.78 is 28.9. The minimum Gasteiger partial charge on any atom is -0.256 e. The molecule has 1 aromatic carbocycles. The van der Waals surface area contributed by atoms with Gasteiger partial charge in [0.15, 0.2) is 0 Å². The summed E-state index contributed by atoms with van der Waals surface area (Å²) in [5, 5.41) is 1.48. The van der Waals surface area contributed by atoms with Crippen molar-refractivity contribution in [2.45, 2.75) is 30.7 Å². The van der Waals surface area contributed by atoms with Gasteiger partial charge < -0.3 is 0 Å². The van der Waals surface area contributed by atoms with Gasteiger partial charge in [-0.15, -0.1) is 11.3 Å². The van der Waals surface area contributed by atoms with Gasteiger partial charge in [-0.3, -0.25) is 4.98 Å². The Morgan fingerprint density at radius 1 is 1.21 bits per heavy atom. The summed E-state index contributed by atoms with van der Waals surface area (Å²) in [6.45, 7) is 1.98. The highest BCUT2D eigenvalue weighted by atomic mass is 32.2. The number of thiazole rings is 1. The van der Waals surface area contributed by atoms with Crippen LogP contribution in [-0.4, -0.2) is 18.4 Å². The molecule has 1 aliphatic carbocycles. The first-order chi connectivity index (χ1) is 11.5.